The van der Waals surface area contributed by atoms with Crippen molar-refractivity contribution in [3.63, 3.8) is 0 Å². The largest absolute Gasteiger partial charge is 0.465 e. The Morgan fingerprint density at radius 1 is 1.08 bits per heavy atom. The Balaban J connectivity index is 2.47. The number of carbonyl (C=O) groups excluding carboxylic acids is 2. The molecular formula is C19H19N3O3. The average Bonchev–Trinajstić information content (AvgIpc) is 2.61. The van der Waals surface area contributed by atoms with E-state index < -0.39 is 11.9 Å². The molecule has 0 atom stereocenters. The van der Waals surface area contributed by atoms with Gasteiger partial charge in [-0.15, -0.1) is 0 Å². The smallest absolute Gasteiger partial charge is 0.337 e. The molecule has 2 rings (SSSR count). The number of guanidine groups is 1. The zero-order valence-corrected chi connectivity index (χ0v) is 14.0. The molecule has 0 aliphatic rings. The Morgan fingerprint density at radius 2 is 1.80 bits per heavy atom. The summed E-state index contributed by atoms with van der Waals surface area (Å²) in [5, 5.41) is 0. The first-order valence-corrected chi connectivity index (χ1v) is 7.52. The first-order chi connectivity index (χ1) is 11.9. The van der Waals surface area contributed by atoms with Crippen molar-refractivity contribution in [1.29, 1.82) is 0 Å². The second kappa shape index (κ2) is 7.92. The SMILES string of the molecule is COC(=O)c1cccc(-c2ccccc2C=C(C)C(=O)N=C(N)N)c1. The number of ether oxygens (including phenoxy) is 1. The van der Waals surface area contributed by atoms with Gasteiger partial charge in [0.25, 0.3) is 5.91 Å². The Hall–Kier alpha value is -3.41. The predicted octanol–water partition coefficient (Wildman–Crippen LogP) is 2.34. The van der Waals surface area contributed by atoms with Gasteiger partial charge in [-0.3, -0.25) is 4.79 Å². The molecule has 2 aromatic carbocycles. The van der Waals surface area contributed by atoms with Gasteiger partial charge in [0.1, 0.15) is 0 Å². The van der Waals surface area contributed by atoms with E-state index in [1.54, 1.807) is 31.2 Å². The maximum atomic E-state index is 11.9. The summed E-state index contributed by atoms with van der Waals surface area (Å²) in [5.41, 5.74) is 13.8. The third kappa shape index (κ3) is 4.54. The van der Waals surface area contributed by atoms with Crippen molar-refractivity contribution in [2.45, 2.75) is 6.92 Å². The van der Waals surface area contributed by atoms with Crippen molar-refractivity contribution in [1.82, 2.24) is 0 Å². The highest BCUT2D eigenvalue weighted by Crippen LogP contribution is 2.26. The van der Waals surface area contributed by atoms with Gasteiger partial charge >= 0.3 is 5.97 Å². The summed E-state index contributed by atoms with van der Waals surface area (Å²) < 4.78 is 4.76. The number of nitrogens with zero attached hydrogens (tertiary/aromatic N) is 1. The van der Waals surface area contributed by atoms with Crippen LogP contribution >= 0.6 is 0 Å². The van der Waals surface area contributed by atoms with Crippen LogP contribution in [0.25, 0.3) is 17.2 Å². The van der Waals surface area contributed by atoms with Gasteiger partial charge in [-0.05, 0) is 41.8 Å². The molecule has 128 valence electrons. The van der Waals surface area contributed by atoms with Crippen molar-refractivity contribution in [3.8, 4) is 11.1 Å². The summed E-state index contributed by atoms with van der Waals surface area (Å²) in [7, 11) is 1.34. The van der Waals surface area contributed by atoms with Crippen LogP contribution in [-0.2, 0) is 9.53 Å². The third-order valence-electron chi connectivity index (χ3n) is 3.50. The fourth-order valence-corrected chi connectivity index (χ4v) is 2.32. The van der Waals surface area contributed by atoms with Gasteiger partial charge in [-0.1, -0.05) is 36.4 Å². The number of carbonyl (C=O) groups is 2. The van der Waals surface area contributed by atoms with Crippen LogP contribution < -0.4 is 11.5 Å². The lowest BCUT2D eigenvalue weighted by atomic mass is 9.97. The molecule has 0 aliphatic heterocycles. The molecule has 4 N–H and O–H groups in total. The fourth-order valence-electron chi connectivity index (χ4n) is 2.32. The van der Waals surface area contributed by atoms with Gasteiger partial charge in [0.15, 0.2) is 5.96 Å². The normalized spacial score (nSPS) is 10.9. The van der Waals surface area contributed by atoms with Crippen LogP contribution in [0.1, 0.15) is 22.8 Å². The molecule has 6 nitrogen and oxygen atoms in total. The highest BCUT2D eigenvalue weighted by atomic mass is 16.5. The lowest BCUT2D eigenvalue weighted by molar-refractivity contribution is -0.114. The molecule has 0 fully saturated rings. The lowest BCUT2D eigenvalue weighted by Crippen LogP contribution is -2.24. The number of amides is 1. The average molecular weight is 337 g/mol. The van der Waals surface area contributed by atoms with E-state index in [-0.39, 0.29) is 5.96 Å². The van der Waals surface area contributed by atoms with Crippen LogP contribution in [0.3, 0.4) is 0 Å². The summed E-state index contributed by atoms with van der Waals surface area (Å²) >= 11 is 0. The van der Waals surface area contributed by atoms with Crippen LogP contribution in [0.4, 0.5) is 0 Å². The Labute approximate surface area is 145 Å². The molecule has 0 unspecified atom stereocenters. The van der Waals surface area contributed by atoms with Gasteiger partial charge in [-0.2, -0.15) is 4.99 Å². The van der Waals surface area contributed by atoms with Crippen LogP contribution in [0.15, 0.2) is 59.1 Å². The molecule has 25 heavy (non-hydrogen) atoms. The monoisotopic (exact) mass is 337 g/mol. The minimum atomic E-state index is -0.502. The number of hydrogen-bond acceptors (Lipinski definition) is 3. The number of rotatable bonds is 4. The highest BCUT2D eigenvalue weighted by molar-refractivity contribution is 6.04. The third-order valence-corrected chi connectivity index (χ3v) is 3.50. The molecule has 0 saturated heterocycles. The minimum absolute atomic E-state index is 0.281. The van der Waals surface area contributed by atoms with Gasteiger partial charge in [0, 0.05) is 5.57 Å². The van der Waals surface area contributed by atoms with E-state index >= 15 is 0 Å². The van der Waals surface area contributed by atoms with E-state index in [1.807, 2.05) is 30.3 Å². The number of hydrogen-bond donors (Lipinski definition) is 2. The van der Waals surface area contributed by atoms with Crippen LogP contribution in [0.2, 0.25) is 0 Å². The van der Waals surface area contributed by atoms with Gasteiger partial charge in [-0.25, -0.2) is 4.79 Å². The topological polar surface area (TPSA) is 108 Å². The molecule has 0 aromatic heterocycles. The Bertz CT molecular complexity index is 866. The van der Waals surface area contributed by atoms with Crippen LogP contribution in [0.5, 0.6) is 0 Å². The highest BCUT2D eigenvalue weighted by Gasteiger charge is 2.10. The summed E-state index contributed by atoms with van der Waals surface area (Å²) in [6, 6.07) is 14.6. The quantitative estimate of drug-likeness (QED) is 0.385. The van der Waals surface area contributed by atoms with Gasteiger partial charge in [0.05, 0.1) is 12.7 Å². The number of nitrogens with two attached hydrogens (primary N) is 2. The minimum Gasteiger partial charge on any atom is -0.465 e. The van der Waals surface area contributed by atoms with Gasteiger partial charge in [0.2, 0.25) is 0 Å². The molecule has 0 bridgehead atoms. The van der Waals surface area contributed by atoms with Crippen LogP contribution in [0, 0.1) is 0 Å². The second-order valence-corrected chi connectivity index (χ2v) is 5.33. The van der Waals surface area contributed by atoms with E-state index in [4.69, 9.17) is 16.2 Å². The Morgan fingerprint density at radius 3 is 2.48 bits per heavy atom. The van der Waals surface area contributed by atoms with Gasteiger partial charge < -0.3 is 16.2 Å². The van der Waals surface area contributed by atoms with E-state index in [2.05, 4.69) is 4.99 Å². The molecule has 1 amide bonds. The summed E-state index contributed by atoms with van der Waals surface area (Å²) in [4.78, 5) is 27.2. The number of benzene rings is 2. The zero-order valence-electron chi connectivity index (χ0n) is 14.0. The molecule has 0 spiro atoms. The van der Waals surface area contributed by atoms with Crippen molar-refractivity contribution in [2.75, 3.05) is 7.11 Å². The van der Waals surface area contributed by atoms with Crippen molar-refractivity contribution >= 4 is 23.9 Å². The Kier molecular flexibility index (Phi) is 5.68. The summed E-state index contributed by atoms with van der Waals surface area (Å²) in [5.74, 6) is -1.19. The predicted molar refractivity (Wildman–Crippen MR) is 97.7 cm³/mol. The van der Waals surface area contributed by atoms with Crippen molar-refractivity contribution in [2.24, 2.45) is 16.5 Å². The maximum absolute atomic E-state index is 11.9. The van der Waals surface area contributed by atoms with Crippen LogP contribution in [-0.4, -0.2) is 24.9 Å². The number of aliphatic imine (C=N–C) groups is 1. The molecular weight excluding hydrogens is 318 g/mol. The molecule has 0 saturated carbocycles. The standard InChI is InChI=1S/C19H19N3O3/c1-12(17(23)22-19(20)21)10-13-6-3-4-9-16(13)14-7-5-8-15(11-14)18(24)25-2/h3-11H,1-2H3,(H4,20,21,22,23). The number of methoxy groups -OCH3 is 1. The summed E-state index contributed by atoms with van der Waals surface area (Å²) in [6.45, 7) is 1.64. The maximum Gasteiger partial charge on any atom is 0.337 e. The van der Waals surface area contributed by atoms with Crippen molar-refractivity contribution in [3.05, 3.63) is 65.2 Å². The number of esters is 1. The van der Waals surface area contributed by atoms with E-state index in [9.17, 15) is 9.59 Å². The van der Waals surface area contributed by atoms with Crippen molar-refractivity contribution < 1.29 is 14.3 Å². The van der Waals surface area contributed by atoms with E-state index in [0.717, 1.165) is 16.7 Å². The first kappa shape index (κ1) is 17.9. The lowest BCUT2D eigenvalue weighted by Gasteiger charge is -2.09. The van der Waals surface area contributed by atoms with E-state index in [0.29, 0.717) is 11.1 Å². The molecule has 0 heterocycles. The zero-order chi connectivity index (χ0) is 18.4. The molecule has 0 radical (unpaired) electrons. The molecule has 0 aliphatic carbocycles. The second-order valence-electron chi connectivity index (χ2n) is 5.33. The first-order valence-electron chi connectivity index (χ1n) is 7.52. The fraction of sp³-hybridized carbons (Fsp3) is 0.105. The molecule has 6 heteroatoms. The summed E-state index contributed by atoms with van der Waals surface area (Å²) in [6.07, 6.45) is 1.70. The molecule has 2 aromatic rings. The van der Waals surface area contributed by atoms with E-state index in [1.165, 1.54) is 7.11 Å².